The molecule has 0 bridgehead atoms. The third-order valence-electron chi connectivity index (χ3n) is 3.34. The van der Waals surface area contributed by atoms with E-state index in [1.165, 1.54) is 39.2 Å². The van der Waals surface area contributed by atoms with Gasteiger partial charge in [-0.2, -0.15) is 0 Å². The summed E-state index contributed by atoms with van der Waals surface area (Å²) in [5.74, 6) is -0.311. The van der Waals surface area contributed by atoms with Crippen molar-refractivity contribution < 1.29 is 9.53 Å². The fraction of sp³-hybridized carbons (Fsp3) is 0.615. The molecule has 1 aliphatic carbocycles. The Morgan fingerprint density at radius 2 is 2.18 bits per heavy atom. The molecule has 1 heterocycles. The molecule has 0 saturated heterocycles. The van der Waals surface area contributed by atoms with Crippen molar-refractivity contribution in [2.24, 2.45) is 0 Å². The number of ether oxygens (including phenoxy) is 1. The largest absolute Gasteiger partial charge is 0.464 e. The second kappa shape index (κ2) is 5.87. The number of hydrogen-bond acceptors (Lipinski definition) is 3. The Morgan fingerprint density at radius 3 is 2.88 bits per heavy atom. The van der Waals surface area contributed by atoms with E-state index in [1.807, 2.05) is 6.07 Å². The van der Waals surface area contributed by atoms with Gasteiger partial charge in [-0.1, -0.05) is 19.3 Å². The van der Waals surface area contributed by atoms with Gasteiger partial charge in [0.25, 0.3) is 0 Å². The molecule has 0 radical (unpaired) electrons. The first kappa shape index (κ1) is 12.2. The fourth-order valence-electron chi connectivity index (χ4n) is 2.33. The van der Waals surface area contributed by atoms with Crippen LogP contribution < -0.4 is 5.32 Å². The quantitative estimate of drug-likeness (QED) is 0.788. The minimum absolute atomic E-state index is 0.311. The second-order valence-electron chi connectivity index (χ2n) is 4.60. The van der Waals surface area contributed by atoms with Crippen LogP contribution in [0.3, 0.4) is 0 Å². The van der Waals surface area contributed by atoms with E-state index in [0.29, 0.717) is 11.7 Å². The van der Waals surface area contributed by atoms with Crippen LogP contribution in [0.4, 0.5) is 0 Å². The second-order valence-corrected chi connectivity index (χ2v) is 4.60. The molecule has 0 aliphatic heterocycles. The number of methoxy groups -OCH3 is 1. The summed E-state index contributed by atoms with van der Waals surface area (Å²) < 4.78 is 4.65. The Kier molecular flexibility index (Phi) is 4.20. The minimum atomic E-state index is -0.311. The van der Waals surface area contributed by atoms with Gasteiger partial charge in [-0.05, 0) is 25.0 Å². The number of hydrogen-bond donors (Lipinski definition) is 2. The predicted molar refractivity (Wildman–Crippen MR) is 65.8 cm³/mol. The first-order valence-electron chi connectivity index (χ1n) is 6.29. The zero-order valence-corrected chi connectivity index (χ0v) is 10.3. The van der Waals surface area contributed by atoms with Crippen molar-refractivity contribution in [3.8, 4) is 0 Å². The highest BCUT2D eigenvalue weighted by molar-refractivity contribution is 5.87. The lowest BCUT2D eigenvalue weighted by Crippen LogP contribution is -2.30. The molecule has 0 atom stereocenters. The van der Waals surface area contributed by atoms with Crippen molar-refractivity contribution in [3.05, 3.63) is 23.5 Å². The van der Waals surface area contributed by atoms with Crippen LogP contribution in [0, 0.1) is 0 Å². The number of aromatic nitrogens is 1. The minimum Gasteiger partial charge on any atom is -0.464 e. The van der Waals surface area contributed by atoms with E-state index in [4.69, 9.17) is 0 Å². The van der Waals surface area contributed by atoms with Crippen LogP contribution in [-0.2, 0) is 11.3 Å². The van der Waals surface area contributed by atoms with Crippen molar-refractivity contribution in [2.75, 3.05) is 7.11 Å². The Hall–Kier alpha value is -1.29. The Balaban J connectivity index is 1.82. The first-order valence-corrected chi connectivity index (χ1v) is 6.29. The van der Waals surface area contributed by atoms with Gasteiger partial charge in [0.1, 0.15) is 5.69 Å². The van der Waals surface area contributed by atoms with Crippen molar-refractivity contribution in [3.63, 3.8) is 0 Å². The zero-order valence-electron chi connectivity index (χ0n) is 10.3. The summed E-state index contributed by atoms with van der Waals surface area (Å²) in [5.41, 5.74) is 1.56. The molecule has 1 fully saturated rings. The number of nitrogens with one attached hydrogen (secondary N) is 2. The molecule has 0 spiro atoms. The predicted octanol–water partition coefficient (Wildman–Crippen LogP) is 2.22. The van der Waals surface area contributed by atoms with Crippen LogP contribution in [0.25, 0.3) is 0 Å². The van der Waals surface area contributed by atoms with Crippen LogP contribution in [0.1, 0.15) is 48.3 Å². The van der Waals surface area contributed by atoms with Gasteiger partial charge in [0.2, 0.25) is 0 Å². The number of esters is 1. The number of aromatic amines is 1. The highest BCUT2D eigenvalue weighted by atomic mass is 16.5. The molecule has 4 heteroatoms. The molecule has 0 unspecified atom stereocenters. The molecule has 17 heavy (non-hydrogen) atoms. The van der Waals surface area contributed by atoms with Gasteiger partial charge < -0.3 is 15.0 Å². The van der Waals surface area contributed by atoms with E-state index in [0.717, 1.165) is 12.2 Å². The van der Waals surface area contributed by atoms with Gasteiger partial charge in [0.05, 0.1) is 7.11 Å². The molecule has 2 N–H and O–H groups in total. The third-order valence-corrected chi connectivity index (χ3v) is 3.34. The molecular weight excluding hydrogens is 216 g/mol. The number of carbonyl (C=O) groups is 1. The van der Waals surface area contributed by atoms with E-state index < -0.39 is 0 Å². The van der Waals surface area contributed by atoms with E-state index in [1.54, 1.807) is 6.07 Å². The molecule has 1 aliphatic rings. The lowest BCUT2D eigenvalue weighted by Gasteiger charge is -2.22. The maximum Gasteiger partial charge on any atom is 0.354 e. The molecule has 0 aromatic carbocycles. The number of rotatable bonds is 4. The lowest BCUT2D eigenvalue weighted by molar-refractivity contribution is 0.0594. The summed E-state index contributed by atoms with van der Waals surface area (Å²) in [5, 5.41) is 3.52. The summed E-state index contributed by atoms with van der Waals surface area (Å²) in [6, 6.07) is 4.33. The smallest absolute Gasteiger partial charge is 0.354 e. The molecule has 2 rings (SSSR count). The SMILES string of the molecule is COC(=O)c1ccc(CNC2CCCCC2)[nH]1. The van der Waals surface area contributed by atoms with Crippen molar-refractivity contribution in [1.29, 1.82) is 0 Å². The van der Waals surface area contributed by atoms with E-state index in [2.05, 4.69) is 15.0 Å². The fourth-order valence-corrected chi connectivity index (χ4v) is 2.33. The van der Waals surface area contributed by atoms with Crippen LogP contribution in [0.15, 0.2) is 12.1 Å². The van der Waals surface area contributed by atoms with Gasteiger partial charge in [-0.15, -0.1) is 0 Å². The van der Waals surface area contributed by atoms with Gasteiger partial charge >= 0.3 is 5.97 Å². The van der Waals surface area contributed by atoms with E-state index in [-0.39, 0.29) is 5.97 Å². The maximum atomic E-state index is 11.3. The van der Waals surface area contributed by atoms with Crippen molar-refractivity contribution in [1.82, 2.24) is 10.3 Å². The first-order chi connectivity index (χ1) is 8.29. The molecule has 94 valence electrons. The van der Waals surface area contributed by atoms with Gasteiger partial charge in [0, 0.05) is 18.3 Å². The molecule has 4 nitrogen and oxygen atoms in total. The number of H-pyrrole nitrogens is 1. The van der Waals surface area contributed by atoms with E-state index in [9.17, 15) is 4.79 Å². The topological polar surface area (TPSA) is 54.1 Å². The standard InChI is InChI=1S/C13H20N2O2/c1-17-13(16)12-8-7-11(15-12)9-14-10-5-3-2-4-6-10/h7-8,10,14-15H,2-6,9H2,1H3. The van der Waals surface area contributed by atoms with Crippen molar-refractivity contribution in [2.45, 2.75) is 44.7 Å². The molecule has 1 aromatic heterocycles. The van der Waals surface area contributed by atoms with Gasteiger partial charge in [-0.25, -0.2) is 4.79 Å². The Morgan fingerprint density at radius 1 is 1.41 bits per heavy atom. The average molecular weight is 236 g/mol. The van der Waals surface area contributed by atoms with Gasteiger partial charge in [-0.3, -0.25) is 0 Å². The Labute approximate surface area is 102 Å². The van der Waals surface area contributed by atoms with Crippen LogP contribution >= 0.6 is 0 Å². The summed E-state index contributed by atoms with van der Waals surface area (Å²) in [7, 11) is 1.39. The summed E-state index contributed by atoms with van der Waals surface area (Å²) in [6.45, 7) is 0.793. The van der Waals surface area contributed by atoms with Gasteiger partial charge in [0.15, 0.2) is 0 Å². The monoisotopic (exact) mass is 236 g/mol. The van der Waals surface area contributed by atoms with Crippen molar-refractivity contribution >= 4 is 5.97 Å². The maximum absolute atomic E-state index is 11.3. The summed E-state index contributed by atoms with van der Waals surface area (Å²) >= 11 is 0. The summed E-state index contributed by atoms with van der Waals surface area (Å²) in [6.07, 6.45) is 6.56. The highest BCUT2D eigenvalue weighted by Crippen LogP contribution is 2.17. The van der Waals surface area contributed by atoms with Crippen LogP contribution in [-0.4, -0.2) is 24.1 Å². The lowest BCUT2D eigenvalue weighted by atomic mass is 9.95. The molecule has 1 aromatic rings. The number of carbonyl (C=O) groups excluding carboxylic acids is 1. The summed E-state index contributed by atoms with van der Waals surface area (Å²) in [4.78, 5) is 14.3. The van der Waals surface area contributed by atoms with Crippen LogP contribution in [0.2, 0.25) is 0 Å². The average Bonchev–Trinajstić information content (AvgIpc) is 2.85. The van der Waals surface area contributed by atoms with Crippen LogP contribution in [0.5, 0.6) is 0 Å². The molecule has 0 amide bonds. The normalized spacial score (nSPS) is 17.0. The molecular formula is C13H20N2O2. The third kappa shape index (κ3) is 3.33. The Bertz CT molecular complexity index is 367. The zero-order chi connectivity index (χ0) is 12.1. The van der Waals surface area contributed by atoms with E-state index >= 15 is 0 Å². The molecule has 1 saturated carbocycles. The highest BCUT2D eigenvalue weighted by Gasteiger charge is 2.13.